The molecule has 0 radical (unpaired) electrons. The molecule has 1 unspecified atom stereocenters. The maximum Gasteiger partial charge on any atom is 0.230 e. The Hall–Kier alpha value is -0.760. The van der Waals surface area contributed by atoms with Crippen molar-refractivity contribution in [1.29, 1.82) is 0 Å². The molecule has 25 heavy (non-hydrogen) atoms. The fraction of sp³-hybridized carbons (Fsp3) is 0.556. The van der Waals surface area contributed by atoms with Gasteiger partial charge in [0.15, 0.2) is 0 Å². The topological polar surface area (TPSA) is 51.4 Å². The highest BCUT2D eigenvalue weighted by Gasteiger charge is 2.23. The van der Waals surface area contributed by atoms with Crippen molar-refractivity contribution in [3.05, 3.63) is 20.1 Å². The van der Waals surface area contributed by atoms with Gasteiger partial charge in [0.1, 0.15) is 0 Å². The molecule has 1 N–H and O–H groups in total. The molecule has 2 aromatic rings. The van der Waals surface area contributed by atoms with E-state index in [-0.39, 0.29) is 0 Å². The summed E-state index contributed by atoms with van der Waals surface area (Å²) in [5, 5.41) is 3.37. The molecule has 4 rings (SSSR count). The average molecular weight is 470 g/mol. The summed E-state index contributed by atoms with van der Waals surface area (Å²) in [5.74, 6) is 0.826. The third-order valence-electron chi connectivity index (χ3n) is 5.01. The van der Waals surface area contributed by atoms with Crippen molar-refractivity contribution in [2.75, 3.05) is 19.7 Å². The van der Waals surface area contributed by atoms with Crippen molar-refractivity contribution in [3.8, 4) is 0 Å². The molecular formula is C18H22Br2N4O. The number of benzene rings is 1. The summed E-state index contributed by atoms with van der Waals surface area (Å²) >= 11 is 7.45. The summed E-state index contributed by atoms with van der Waals surface area (Å²) in [6, 6.07) is 0. The molecule has 1 saturated heterocycles. The number of hydrogen-bond donors (Lipinski definition) is 1. The third kappa shape index (κ3) is 3.31. The van der Waals surface area contributed by atoms with Crippen LogP contribution in [0.15, 0.2) is 13.9 Å². The predicted molar refractivity (Wildman–Crippen MR) is 108 cm³/mol. The van der Waals surface area contributed by atoms with Crippen LogP contribution >= 0.6 is 31.9 Å². The normalized spacial score (nSPS) is 20.7. The van der Waals surface area contributed by atoms with Crippen LogP contribution in [-0.4, -0.2) is 41.6 Å². The lowest BCUT2D eigenvalue weighted by Gasteiger charge is -2.22. The summed E-state index contributed by atoms with van der Waals surface area (Å²) in [6.45, 7) is 5.81. The number of halogens is 2. The van der Waals surface area contributed by atoms with Gasteiger partial charge in [-0.2, -0.15) is 0 Å². The van der Waals surface area contributed by atoms with E-state index < -0.39 is 0 Å². The number of imidazole rings is 1. The standard InChI is InChI=1S/C18H22Br2N4O/c1-11-14(19)15(20)13-5-3-8-24-17(13)16(11)23-18(24)22-6-2-4-12-10-21-7-9-25-12/h6,12,21H,2-5,7-10H2,1H3. The maximum atomic E-state index is 5.73. The molecule has 7 heteroatoms. The van der Waals surface area contributed by atoms with Crippen molar-refractivity contribution >= 4 is 55.1 Å². The quantitative estimate of drug-likeness (QED) is 0.679. The van der Waals surface area contributed by atoms with Gasteiger partial charge in [0.2, 0.25) is 5.95 Å². The van der Waals surface area contributed by atoms with E-state index in [1.807, 2.05) is 6.21 Å². The number of aromatic nitrogens is 2. The largest absolute Gasteiger partial charge is 0.376 e. The highest BCUT2D eigenvalue weighted by atomic mass is 79.9. The number of morpholine rings is 1. The molecule has 0 amide bonds. The van der Waals surface area contributed by atoms with Crippen LogP contribution in [0.5, 0.6) is 0 Å². The Bertz CT molecular complexity index is 825. The van der Waals surface area contributed by atoms with Gasteiger partial charge < -0.3 is 14.6 Å². The number of aryl methyl sites for hydroxylation is 3. The lowest BCUT2D eigenvalue weighted by Crippen LogP contribution is -2.38. The van der Waals surface area contributed by atoms with Crippen molar-refractivity contribution in [2.24, 2.45) is 4.99 Å². The van der Waals surface area contributed by atoms with E-state index in [0.717, 1.165) is 72.3 Å². The molecule has 1 aromatic carbocycles. The smallest absolute Gasteiger partial charge is 0.230 e. The molecule has 1 fully saturated rings. The third-order valence-corrected chi connectivity index (χ3v) is 7.41. The number of rotatable bonds is 4. The Labute approximate surface area is 164 Å². The van der Waals surface area contributed by atoms with E-state index >= 15 is 0 Å². The Morgan fingerprint density at radius 2 is 2.28 bits per heavy atom. The number of nitrogens with zero attached hydrogens (tertiary/aromatic N) is 3. The van der Waals surface area contributed by atoms with E-state index in [0.29, 0.717) is 6.10 Å². The molecule has 1 aromatic heterocycles. The zero-order valence-corrected chi connectivity index (χ0v) is 17.5. The molecule has 2 aliphatic rings. The minimum absolute atomic E-state index is 0.304. The molecule has 0 saturated carbocycles. The molecule has 0 bridgehead atoms. The van der Waals surface area contributed by atoms with Crippen molar-refractivity contribution < 1.29 is 4.74 Å². The van der Waals surface area contributed by atoms with Crippen LogP contribution in [0.25, 0.3) is 11.0 Å². The van der Waals surface area contributed by atoms with Crippen molar-refractivity contribution in [1.82, 2.24) is 14.9 Å². The Kier molecular flexibility index (Phi) is 5.27. The van der Waals surface area contributed by atoms with Crippen LogP contribution in [0, 0.1) is 6.92 Å². The monoisotopic (exact) mass is 468 g/mol. The van der Waals surface area contributed by atoms with E-state index in [2.05, 4.69) is 48.7 Å². The van der Waals surface area contributed by atoms with Crippen molar-refractivity contribution in [3.63, 3.8) is 0 Å². The summed E-state index contributed by atoms with van der Waals surface area (Å²) in [4.78, 5) is 9.54. The lowest BCUT2D eigenvalue weighted by molar-refractivity contribution is 0.0250. The van der Waals surface area contributed by atoms with Gasteiger partial charge in [0, 0.05) is 34.8 Å². The zero-order valence-electron chi connectivity index (χ0n) is 14.3. The first kappa shape index (κ1) is 17.6. The second-order valence-electron chi connectivity index (χ2n) is 6.68. The summed E-state index contributed by atoms with van der Waals surface area (Å²) in [5.41, 5.74) is 4.82. The number of nitrogens with one attached hydrogen (secondary N) is 1. The molecule has 134 valence electrons. The van der Waals surface area contributed by atoms with Crippen LogP contribution in [-0.2, 0) is 17.7 Å². The van der Waals surface area contributed by atoms with Gasteiger partial charge in [-0.1, -0.05) is 0 Å². The van der Waals surface area contributed by atoms with Crippen LogP contribution in [0.3, 0.4) is 0 Å². The summed E-state index contributed by atoms with van der Waals surface area (Å²) < 4.78 is 10.3. The zero-order chi connectivity index (χ0) is 17.4. The maximum absolute atomic E-state index is 5.73. The molecule has 3 heterocycles. The Balaban J connectivity index is 1.59. The summed E-state index contributed by atoms with van der Waals surface area (Å²) in [6.07, 6.45) is 6.41. The van der Waals surface area contributed by atoms with Gasteiger partial charge in [0.25, 0.3) is 0 Å². The second kappa shape index (κ2) is 7.47. The van der Waals surface area contributed by atoms with Gasteiger partial charge in [-0.25, -0.2) is 9.98 Å². The fourth-order valence-electron chi connectivity index (χ4n) is 3.68. The van der Waals surface area contributed by atoms with E-state index in [4.69, 9.17) is 14.7 Å². The molecule has 2 aliphatic heterocycles. The van der Waals surface area contributed by atoms with Crippen molar-refractivity contribution in [2.45, 2.75) is 45.3 Å². The first-order valence-corrected chi connectivity index (χ1v) is 10.5. The van der Waals surface area contributed by atoms with Gasteiger partial charge >= 0.3 is 0 Å². The van der Waals surface area contributed by atoms with E-state index in [9.17, 15) is 0 Å². The predicted octanol–water partition coefficient (Wildman–Crippen LogP) is 4.29. The molecular weight excluding hydrogens is 448 g/mol. The minimum Gasteiger partial charge on any atom is -0.376 e. The second-order valence-corrected chi connectivity index (χ2v) is 8.27. The number of aliphatic imine (C=N–C) groups is 1. The van der Waals surface area contributed by atoms with Gasteiger partial charge in [-0.05, 0) is 75.6 Å². The minimum atomic E-state index is 0.304. The van der Waals surface area contributed by atoms with Gasteiger partial charge in [0.05, 0.1) is 23.7 Å². The highest BCUT2D eigenvalue weighted by Crippen LogP contribution is 2.41. The van der Waals surface area contributed by atoms with Crippen LogP contribution in [0.1, 0.15) is 30.4 Å². The van der Waals surface area contributed by atoms with Gasteiger partial charge in [-0.3, -0.25) is 0 Å². The molecule has 0 aliphatic carbocycles. The van der Waals surface area contributed by atoms with Crippen LogP contribution in [0.2, 0.25) is 0 Å². The van der Waals surface area contributed by atoms with Crippen LogP contribution < -0.4 is 5.32 Å². The molecule has 0 spiro atoms. The number of ether oxygens (including phenoxy) is 1. The SMILES string of the molecule is Cc1c(Br)c(Br)c2c3c1nc(N=CCCC1CNCCO1)n3CCC2. The number of hydrogen-bond acceptors (Lipinski definition) is 4. The Morgan fingerprint density at radius 3 is 3.08 bits per heavy atom. The highest BCUT2D eigenvalue weighted by molar-refractivity contribution is 9.13. The molecule has 1 atom stereocenters. The fourth-order valence-corrected chi connectivity index (χ4v) is 4.79. The van der Waals surface area contributed by atoms with Gasteiger partial charge in [-0.15, -0.1) is 0 Å². The van der Waals surface area contributed by atoms with E-state index in [1.165, 1.54) is 16.6 Å². The lowest BCUT2D eigenvalue weighted by atomic mass is 10.0. The average Bonchev–Trinajstić information content (AvgIpc) is 3.02. The first-order chi connectivity index (χ1) is 12.2. The first-order valence-electron chi connectivity index (χ1n) is 8.88. The summed E-state index contributed by atoms with van der Waals surface area (Å²) in [7, 11) is 0. The Morgan fingerprint density at radius 1 is 1.40 bits per heavy atom. The van der Waals surface area contributed by atoms with Crippen LogP contribution in [0.4, 0.5) is 5.95 Å². The van der Waals surface area contributed by atoms with E-state index in [1.54, 1.807) is 0 Å². The molecule has 5 nitrogen and oxygen atoms in total.